The highest BCUT2D eigenvalue weighted by Crippen LogP contribution is 2.27. The number of carbonyl (C=O) groups is 1. The van der Waals surface area contributed by atoms with Crippen LogP contribution in [0.4, 0.5) is 0 Å². The van der Waals surface area contributed by atoms with E-state index < -0.39 is 0 Å². The molecule has 1 saturated carbocycles. The van der Waals surface area contributed by atoms with Crippen LogP contribution in [0.5, 0.6) is 5.75 Å². The van der Waals surface area contributed by atoms with Crippen molar-refractivity contribution in [1.29, 1.82) is 0 Å². The third-order valence-corrected chi connectivity index (χ3v) is 3.11. The van der Waals surface area contributed by atoms with Crippen molar-refractivity contribution in [3.8, 4) is 5.75 Å². The summed E-state index contributed by atoms with van der Waals surface area (Å²) in [5, 5.41) is 6.00. The molecule has 0 heterocycles. The molecule has 0 radical (unpaired) electrons. The first-order valence-electron chi connectivity index (χ1n) is 6.91. The molecule has 0 atom stereocenters. The molecule has 0 unspecified atom stereocenters. The van der Waals surface area contributed by atoms with E-state index in [9.17, 15) is 4.79 Å². The Labute approximate surface area is 114 Å². The minimum absolute atomic E-state index is 0.0717. The molecule has 2 N–H and O–H groups in total. The van der Waals surface area contributed by atoms with Gasteiger partial charge >= 0.3 is 0 Å². The molecule has 0 spiro atoms. The van der Waals surface area contributed by atoms with Gasteiger partial charge in [0, 0.05) is 13.1 Å². The lowest BCUT2D eigenvalue weighted by Crippen LogP contribution is -2.36. The summed E-state index contributed by atoms with van der Waals surface area (Å²) in [6.07, 6.45) is 2.52. The second-order valence-corrected chi connectivity index (χ2v) is 5.09. The number of rotatable bonds is 8. The molecule has 104 valence electrons. The first-order valence-corrected chi connectivity index (χ1v) is 6.91. The molecular formula is C15H22N2O2. The lowest BCUT2D eigenvalue weighted by atomic mass is 10.2. The van der Waals surface area contributed by atoms with Crippen molar-refractivity contribution in [2.75, 3.05) is 26.2 Å². The summed E-state index contributed by atoms with van der Waals surface area (Å²) in [6, 6.07) is 7.95. The van der Waals surface area contributed by atoms with Crippen LogP contribution >= 0.6 is 0 Å². The smallest absolute Gasteiger partial charge is 0.233 e. The fraction of sp³-hybridized carbons (Fsp3) is 0.533. The molecule has 0 aromatic heterocycles. The van der Waals surface area contributed by atoms with Gasteiger partial charge in [-0.1, -0.05) is 12.1 Å². The molecule has 1 fully saturated rings. The average molecular weight is 262 g/mol. The van der Waals surface area contributed by atoms with Gasteiger partial charge in [0.15, 0.2) is 0 Å². The number of nitrogens with one attached hydrogen (secondary N) is 2. The molecule has 2 rings (SSSR count). The van der Waals surface area contributed by atoms with Gasteiger partial charge in [-0.3, -0.25) is 4.79 Å². The highest BCUT2D eigenvalue weighted by atomic mass is 16.5. The topological polar surface area (TPSA) is 50.4 Å². The standard InChI is InChI=1S/C15H22N2O2/c1-12-3-2-4-14(9-12)19-8-7-16-11-15(18)17-10-13-5-6-13/h2-4,9,13,16H,5-8,10-11H2,1H3,(H,17,18). The lowest BCUT2D eigenvalue weighted by molar-refractivity contribution is -0.120. The lowest BCUT2D eigenvalue weighted by Gasteiger charge is -2.08. The summed E-state index contributed by atoms with van der Waals surface area (Å²) < 4.78 is 5.58. The molecule has 1 aromatic carbocycles. The first kappa shape index (κ1) is 13.9. The van der Waals surface area contributed by atoms with Crippen molar-refractivity contribution in [2.24, 2.45) is 5.92 Å². The molecule has 0 aliphatic heterocycles. The zero-order valence-corrected chi connectivity index (χ0v) is 11.4. The van der Waals surface area contributed by atoms with E-state index in [2.05, 4.69) is 10.6 Å². The Hall–Kier alpha value is -1.55. The molecule has 1 amide bonds. The number of benzene rings is 1. The van der Waals surface area contributed by atoms with E-state index >= 15 is 0 Å². The number of ether oxygens (including phenoxy) is 1. The molecule has 1 aliphatic rings. The normalized spacial score (nSPS) is 14.2. The number of aryl methyl sites for hydroxylation is 1. The van der Waals surface area contributed by atoms with Crippen LogP contribution in [0, 0.1) is 12.8 Å². The molecule has 1 aliphatic carbocycles. The van der Waals surface area contributed by atoms with Crippen LogP contribution in [0.1, 0.15) is 18.4 Å². The van der Waals surface area contributed by atoms with Crippen molar-refractivity contribution in [2.45, 2.75) is 19.8 Å². The minimum Gasteiger partial charge on any atom is -0.492 e. The Morgan fingerprint density at radius 2 is 2.26 bits per heavy atom. The molecule has 0 bridgehead atoms. The SMILES string of the molecule is Cc1cccc(OCCNCC(=O)NCC2CC2)c1. The second kappa shape index (κ2) is 7.14. The van der Waals surface area contributed by atoms with Crippen molar-refractivity contribution >= 4 is 5.91 Å². The third-order valence-electron chi connectivity index (χ3n) is 3.11. The van der Waals surface area contributed by atoms with Crippen LogP contribution < -0.4 is 15.4 Å². The zero-order chi connectivity index (χ0) is 13.5. The monoisotopic (exact) mass is 262 g/mol. The van der Waals surface area contributed by atoms with Gasteiger partial charge in [0.2, 0.25) is 5.91 Å². The van der Waals surface area contributed by atoms with Crippen LogP contribution in [-0.2, 0) is 4.79 Å². The van der Waals surface area contributed by atoms with Crippen LogP contribution in [0.25, 0.3) is 0 Å². The second-order valence-electron chi connectivity index (χ2n) is 5.09. The fourth-order valence-corrected chi connectivity index (χ4v) is 1.79. The molecule has 4 nitrogen and oxygen atoms in total. The van der Waals surface area contributed by atoms with Gasteiger partial charge in [-0.15, -0.1) is 0 Å². The summed E-state index contributed by atoms with van der Waals surface area (Å²) in [6.45, 7) is 4.48. The van der Waals surface area contributed by atoms with Crippen LogP contribution in [0.3, 0.4) is 0 Å². The molecule has 19 heavy (non-hydrogen) atoms. The predicted molar refractivity (Wildman–Crippen MR) is 75.3 cm³/mol. The van der Waals surface area contributed by atoms with Crippen LogP contribution in [0.15, 0.2) is 24.3 Å². The van der Waals surface area contributed by atoms with E-state index in [4.69, 9.17) is 4.74 Å². The Morgan fingerprint density at radius 1 is 1.42 bits per heavy atom. The van der Waals surface area contributed by atoms with Gasteiger partial charge in [-0.25, -0.2) is 0 Å². The number of hydrogen-bond donors (Lipinski definition) is 2. The van der Waals surface area contributed by atoms with E-state index in [0.29, 0.717) is 19.7 Å². The highest BCUT2D eigenvalue weighted by Gasteiger charge is 2.21. The van der Waals surface area contributed by atoms with Gasteiger partial charge in [-0.2, -0.15) is 0 Å². The maximum absolute atomic E-state index is 11.4. The van der Waals surface area contributed by atoms with Gasteiger partial charge in [0.25, 0.3) is 0 Å². The minimum atomic E-state index is 0.0717. The van der Waals surface area contributed by atoms with Gasteiger partial charge in [0.1, 0.15) is 12.4 Å². The first-order chi connectivity index (χ1) is 9.24. The molecular weight excluding hydrogens is 240 g/mol. The van der Waals surface area contributed by atoms with E-state index in [1.807, 2.05) is 31.2 Å². The Bertz CT molecular complexity index is 416. The molecule has 1 aromatic rings. The summed E-state index contributed by atoms with van der Waals surface area (Å²) >= 11 is 0. The van der Waals surface area contributed by atoms with Crippen molar-refractivity contribution in [3.63, 3.8) is 0 Å². The fourth-order valence-electron chi connectivity index (χ4n) is 1.79. The number of amides is 1. The Balaban J connectivity index is 1.50. The quantitative estimate of drug-likeness (QED) is 0.698. The summed E-state index contributed by atoms with van der Waals surface area (Å²) in [5.41, 5.74) is 1.19. The summed E-state index contributed by atoms with van der Waals surface area (Å²) in [7, 11) is 0. The van der Waals surface area contributed by atoms with Crippen molar-refractivity contribution in [3.05, 3.63) is 29.8 Å². The molecule has 0 saturated heterocycles. The summed E-state index contributed by atoms with van der Waals surface area (Å²) in [4.78, 5) is 11.4. The Kier molecular flexibility index (Phi) is 5.21. The maximum atomic E-state index is 11.4. The van der Waals surface area contributed by atoms with E-state index in [1.54, 1.807) is 0 Å². The number of hydrogen-bond acceptors (Lipinski definition) is 3. The average Bonchev–Trinajstić information content (AvgIpc) is 3.20. The van der Waals surface area contributed by atoms with Gasteiger partial charge in [0.05, 0.1) is 6.54 Å². The summed E-state index contributed by atoms with van der Waals surface area (Å²) in [5.74, 6) is 1.68. The van der Waals surface area contributed by atoms with Crippen LogP contribution in [-0.4, -0.2) is 32.1 Å². The maximum Gasteiger partial charge on any atom is 0.233 e. The zero-order valence-electron chi connectivity index (χ0n) is 11.4. The van der Waals surface area contributed by atoms with E-state index in [1.165, 1.54) is 18.4 Å². The largest absolute Gasteiger partial charge is 0.492 e. The van der Waals surface area contributed by atoms with Crippen LogP contribution in [0.2, 0.25) is 0 Å². The van der Waals surface area contributed by atoms with Crippen molar-refractivity contribution in [1.82, 2.24) is 10.6 Å². The third kappa shape index (κ3) is 5.75. The van der Waals surface area contributed by atoms with Gasteiger partial charge < -0.3 is 15.4 Å². The highest BCUT2D eigenvalue weighted by molar-refractivity contribution is 5.77. The number of carbonyl (C=O) groups excluding carboxylic acids is 1. The van der Waals surface area contributed by atoms with E-state index in [-0.39, 0.29) is 5.91 Å². The Morgan fingerprint density at radius 3 is 3.00 bits per heavy atom. The van der Waals surface area contributed by atoms with E-state index in [0.717, 1.165) is 18.2 Å². The van der Waals surface area contributed by atoms with Crippen molar-refractivity contribution < 1.29 is 9.53 Å². The van der Waals surface area contributed by atoms with Gasteiger partial charge in [-0.05, 0) is 43.4 Å². The predicted octanol–water partition coefficient (Wildman–Crippen LogP) is 1.49. The molecule has 4 heteroatoms.